The number of aromatic nitrogens is 4. The average Bonchev–Trinajstić information content (AvgIpc) is 3.41. The van der Waals surface area contributed by atoms with E-state index in [1.807, 2.05) is 30.0 Å². The fraction of sp³-hybridized carbons (Fsp3) is 0.333. The lowest BCUT2D eigenvalue weighted by molar-refractivity contribution is -0.134. The number of nitrogens with zero attached hydrogens (tertiary/aromatic N) is 6. The topological polar surface area (TPSA) is 89.5 Å². The summed E-state index contributed by atoms with van der Waals surface area (Å²) < 4.78 is 11.6. The van der Waals surface area contributed by atoms with E-state index in [0.717, 1.165) is 5.69 Å². The van der Waals surface area contributed by atoms with Crippen molar-refractivity contribution in [3.8, 4) is 17.3 Å². The number of halogens is 2. The first-order chi connectivity index (χ1) is 15.4. The van der Waals surface area contributed by atoms with Crippen LogP contribution in [0.5, 0.6) is 5.75 Å². The summed E-state index contributed by atoms with van der Waals surface area (Å²) in [5.74, 6) is 0.817. The van der Waals surface area contributed by atoms with E-state index in [1.165, 1.54) is 11.1 Å². The lowest BCUT2D eigenvalue weighted by Gasteiger charge is -2.41. The maximum Gasteiger partial charge on any atom is 0.244 e. The predicted molar refractivity (Wildman–Crippen MR) is 122 cm³/mol. The predicted octanol–water partition coefficient (Wildman–Crippen LogP) is 3.63. The van der Waals surface area contributed by atoms with E-state index in [-0.39, 0.29) is 24.3 Å². The average molecular weight is 477 g/mol. The summed E-state index contributed by atoms with van der Waals surface area (Å²) in [7, 11) is 1.59. The van der Waals surface area contributed by atoms with Crippen LogP contribution in [0.1, 0.15) is 12.6 Å². The molecule has 3 heterocycles. The van der Waals surface area contributed by atoms with Crippen molar-refractivity contribution in [2.24, 2.45) is 0 Å². The van der Waals surface area contributed by atoms with E-state index in [4.69, 9.17) is 32.5 Å². The van der Waals surface area contributed by atoms with E-state index < -0.39 is 0 Å². The summed E-state index contributed by atoms with van der Waals surface area (Å²) in [6.45, 7) is 7.76. The molecule has 0 N–H and O–H groups in total. The Morgan fingerprint density at radius 2 is 2.19 bits per heavy atom. The van der Waals surface area contributed by atoms with Gasteiger partial charge in [0.15, 0.2) is 5.69 Å². The van der Waals surface area contributed by atoms with Crippen LogP contribution in [0.4, 0.5) is 5.69 Å². The fourth-order valence-electron chi connectivity index (χ4n) is 3.81. The molecular weight excluding hydrogens is 455 g/mol. The van der Waals surface area contributed by atoms with E-state index >= 15 is 0 Å². The summed E-state index contributed by atoms with van der Waals surface area (Å²) in [6.07, 6.45) is 2.75. The van der Waals surface area contributed by atoms with Gasteiger partial charge in [0.2, 0.25) is 18.1 Å². The Hall–Kier alpha value is -3.04. The van der Waals surface area contributed by atoms with Crippen LogP contribution < -0.4 is 9.64 Å². The van der Waals surface area contributed by atoms with Crippen LogP contribution in [0.2, 0.25) is 10.0 Å². The Morgan fingerprint density at radius 3 is 2.84 bits per heavy atom. The normalized spacial score (nSPS) is 16.3. The molecule has 0 spiro atoms. The first kappa shape index (κ1) is 22.2. The first-order valence-corrected chi connectivity index (χ1v) is 10.7. The van der Waals surface area contributed by atoms with Gasteiger partial charge < -0.3 is 19.1 Å². The molecule has 1 saturated heterocycles. The van der Waals surface area contributed by atoms with Crippen molar-refractivity contribution in [3.05, 3.63) is 46.9 Å². The smallest absolute Gasteiger partial charge is 0.244 e. The molecule has 1 aromatic carbocycles. The van der Waals surface area contributed by atoms with Crippen LogP contribution in [0.25, 0.3) is 17.6 Å². The highest BCUT2D eigenvalue weighted by atomic mass is 35.5. The molecule has 9 nitrogen and oxygen atoms in total. The molecule has 0 saturated carbocycles. The fourth-order valence-corrected chi connectivity index (χ4v) is 4.30. The van der Waals surface area contributed by atoms with Crippen molar-refractivity contribution >= 4 is 40.9 Å². The van der Waals surface area contributed by atoms with E-state index in [1.54, 1.807) is 13.2 Å². The number of carbonyl (C=O) groups is 1. The van der Waals surface area contributed by atoms with Crippen LogP contribution >= 0.6 is 23.2 Å². The minimum absolute atomic E-state index is 0.00665. The molecule has 0 aliphatic carbocycles. The number of methoxy groups -OCH3 is 1. The maximum atomic E-state index is 13.1. The summed E-state index contributed by atoms with van der Waals surface area (Å²) in [5.41, 5.74) is 1.87. The zero-order chi connectivity index (χ0) is 22.8. The minimum atomic E-state index is -0.0623. The Morgan fingerprint density at radius 1 is 1.38 bits per heavy atom. The quantitative estimate of drug-likeness (QED) is 0.536. The molecule has 3 aromatic rings. The van der Waals surface area contributed by atoms with Gasteiger partial charge in [-0.1, -0.05) is 34.9 Å². The molecule has 0 bridgehead atoms. The highest BCUT2D eigenvalue weighted by Gasteiger charge is 2.29. The van der Waals surface area contributed by atoms with Crippen molar-refractivity contribution in [1.29, 1.82) is 0 Å². The highest BCUT2D eigenvalue weighted by molar-refractivity contribution is 6.34. The Bertz CT molecular complexity index is 1130. The number of rotatable bonds is 6. The summed E-state index contributed by atoms with van der Waals surface area (Å²) >= 11 is 12.6. The highest BCUT2D eigenvalue weighted by Crippen LogP contribution is 2.31. The Kier molecular flexibility index (Phi) is 6.38. The monoisotopic (exact) mass is 476 g/mol. The number of ether oxygens (including phenoxy) is 1. The number of benzene rings is 1. The van der Waals surface area contributed by atoms with Gasteiger partial charge >= 0.3 is 0 Å². The number of piperazine rings is 1. The van der Waals surface area contributed by atoms with E-state index in [9.17, 15) is 4.79 Å². The first-order valence-electron chi connectivity index (χ1n) is 9.96. The molecule has 11 heteroatoms. The van der Waals surface area contributed by atoms with E-state index in [0.29, 0.717) is 46.8 Å². The third-order valence-corrected chi connectivity index (χ3v) is 6.12. The van der Waals surface area contributed by atoms with Gasteiger partial charge in [0.1, 0.15) is 12.3 Å². The second kappa shape index (κ2) is 9.22. The van der Waals surface area contributed by atoms with Gasteiger partial charge in [-0.15, -0.1) is 0 Å². The molecule has 2 aromatic heterocycles. The van der Waals surface area contributed by atoms with Crippen LogP contribution in [-0.2, 0) is 11.3 Å². The van der Waals surface area contributed by atoms with Crippen LogP contribution in [0, 0.1) is 0 Å². The number of anilines is 1. The second-order valence-electron chi connectivity index (χ2n) is 7.37. The molecule has 168 valence electrons. The van der Waals surface area contributed by atoms with Gasteiger partial charge in [0, 0.05) is 37.4 Å². The number of amides is 1. The molecule has 0 radical (unpaired) electrons. The standard InChI is InChI=1S/C21H22Cl2N6O3/c1-4-16-19(23)20(21-24-12-32-26-21)25-29(16)11-18(30)28-8-7-27(10-13(28)2)14-5-6-15(22)17(9-14)31-3/h4-6,9,12-13H,1,7-8,10-11H2,2-3H3/t13-/m0/s1. The molecule has 32 heavy (non-hydrogen) atoms. The third kappa shape index (κ3) is 4.18. The van der Waals surface area contributed by atoms with Gasteiger partial charge in [-0.2, -0.15) is 10.1 Å². The van der Waals surface area contributed by atoms with E-state index in [2.05, 4.69) is 26.7 Å². The van der Waals surface area contributed by atoms with Gasteiger partial charge in [-0.05, 0) is 25.1 Å². The molecule has 1 amide bonds. The van der Waals surface area contributed by atoms with Crippen molar-refractivity contribution in [3.63, 3.8) is 0 Å². The van der Waals surface area contributed by atoms with Crippen LogP contribution in [-0.4, -0.2) is 63.5 Å². The maximum absolute atomic E-state index is 13.1. The van der Waals surface area contributed by atoms with Crippen LogP contribution in [0.3, 0.4) is 0 Å². The second-order valence-corrected chi connectivity index (χ2v) is 8.15. The van der Waals surface area contributed by atoms with Gasteiger partial charge in [0.25, 0.3) is 0 Å². The molecule has 1 atom stereocenters. The molecule has 4 rings (SSSR count). The summed E-state index contributed by atoms with van der Waals surface area (Å²) in [5, 5.41) is 9.08. The largest absolute Gasteiger partial charge is 0.495 e. The summed E-state index contributed by atoms with van der Waals surface area (Å²) in [4.78, 5) is 21.2. The third-order valence-electron chi connectivity index (χ3n) is 5.43. The number of hydrogen-bond donors (Lipinski definition) is 0. The lowest BCUT2D eigenvalue weighted by Crippen LogP contribution is -2.54. The van der Waals surface area contributed by atoms with Gasteiger partial charge in [-0.3, -0.25) is 9.48 Å². The molecule has 0 unspecified atom stereocenters. The molecule has 1 aliphatic heterocycles. The Balaban J connectivity index is 1.47. The van der Waals surface area contributed by atoms with Gasteiger partial charge in [0.05, 0.1) is 22.8 Å². The van der Waals surface area contributed by atoms with Crippen molar-refractivity contribution in [2.45, 2.75) is 19.5 Å². The zero-order valence-electron chi connectivity index (χ0n) is 17.7. The van der Waals surface area contributed by atoms with Crippen molar-refractivity contribution in [1.82, 2.24) is 24.8 Å². The lowest BCUT2D eigenvalue weighted by atomic mass is 10.1. The number of carbonyl (C=O) groups excluding carboxylic acids is 1. The SMILES string of the molecule is C=Cc1c(Cl)c(-c2ncon2)nn1CC(=O)N1CCN(c2ccc(Cl)c(OC)c2)C[C@@H]1C. The molecule has 1 fully saturated rings. The Labute approximate surface area is 195 Å². The zero-order valence-corrected chi connectivity index (χ0v) is 19.2. The minimum Gasteiger partial charge on any atom is -0.495 e. The number of hydrogen-bond acceptors (Lipinski definition) is 7. The molecular formula is C21H22Cl2N6O3. The van der Waals surface area contributed by atoms with Crippen LogP contribution in [0.15, 0.2) is 35.7 Å². The summed E-state index contributed by atoms with van der Waals surface area (Å²) in [6, 6.07) is 5.68. The molecule has 1 aliphatic rings. The van der Waals surface area contributed by atoms with Gasteiger partial charge in [-0.25, -0.2) is 0 Å². The van der Waals surface area contributed by atoms with Crippen molar-refractivity contribution < 1.29 is 14.1 Å². The van der Waals surface area contributed by atoms with Crippen molar-refractivity contribution in [2.75, 3.05) is 31.6 Å².